The van der Waals surface area contributed by atoms with Crippen LogP contribution in [0.1, 0.15) is 21.1 Å². The minimum Gasteiger partial charge on any atom is -0.475 e. The number of nitrogens with one attached hydrogen (secondary N) is 2. The fraction of sp³-hybridized carbons (Fsp3) is 0.222. The van der Waals surface area contributed by atoms with Crippen molar-refractivity contribution in [1.29, 1.82) is 0 Å². The van der Waals surface area contributed by atoms with Gasteiger partial charge < -0.3 is 20.2 Å². The van der Waals surface area contributed by atoms with Crippen LogP contribution in [-0.2, 0) is 4.79 Å². The van der Waals surface area contributed by atoms with Crippen molar-refractivity contribution in [3.63, 3.8) is 0 Å². The third-order valence-corrected chi connectivity index (χ3v) is 1.73. The largest absolute Gasteiger partial charge is 0.475 e. The van der Waals surface area contributed by atoms with Crippen LogP contribution in [0.2, 0.25) is 0 Å². The maximum Gasteiger partial charge on any atom is 0.371 e. The van der Waals surface area contributed by atoms with Crippen LogP contribution in [0, 0.1) is 0 Å². The summed E-state index contributed by atoms with van der Waals surface area (Å²) in [7, 11) is 1.43. The van der Waals surface area contributed by atoms with Gasteiger partial charge in [0, 0.05) is 7.05 Å². The lowest BCUT2D eigenvalue weighted by molar-refractivity contribution is -0.119. The topological polar surface area (TPSA) is 109 Å². The maximum atomic E-state index is 11.3. The molecule has 0 unspecified atom stereocenters. The first-order valence-corrected chi connectivity index (χ1v) is 4.36. The number of aromatic carboxylic acids is 1. The molecule has 0 aliphatic carbocycles. The number of hydrogen-bond acceptors (Lipinski definition) is 4. The summed E-state index contributed by atoms with van der Waals surface area (Å²) in [4.78, 5) is 32.6. The van der Waals surface area contributed by atoms with E-state index >= 15 is 0 Å². The molecule has 0 saturated heterocycles. The van der Waals surface area contributed by atoms with Crippen LogP contribution in [-0.4, -0.2) is 36.5 Å². The van der Waals surface area contributed by atoms with Crippen LogP contribution in [0.5, 0.6) is 0 Å². The Kier molecular flexibility index (Phi) is 3.65. The van der Waals surface area contributed by atoms with Crippen molar-refractivity contribution < 1.29 is 23.9 Å². The summed E-state index contributed by atoms with van der Waals surface area (Å²) in [5, 5.41) is 13.1. The van der Waals surface area contributed by atoms with E-state index in [9.17, 15) is 14.4 Å². The first kappa shape index (κ1) is 11.8. The highest BCUT2D eigenvalue weighted by Gasteiger charge is 2.14. The van der Waals surface area contributed by atoms with Crippen molar-refractivity contribution in [2.24, 2.45) is 0 Å². The van der Waals surface area contributed by atoms with E-state index in [2.05, 4.69) is 10.6 Å². The Morgan fingerprint density at radius 2 is 1.94 bits per heavy atom. The number of carboxylic acids is 1. The molecule has 0 atom stereocenters. The standard InChI is InChI=1S/C9H10N2O5/c1-10-7(12)4-11-8(13)5-2-3-6(16-5)9(14)15/h2-3H,4H2,1H3,(H,10,12)(H,11,13)(H,14,15). The van der Waals surface area contributed by atoms with Gasteiger partial charge in [0.15, 0.2) is 5.76 Å². The van der Waals surface area contributed by atoms with Gasteiger partial charge in [-0.25, -0.2) is 4.79 Å². The predicted octanol–water partition coefficient (Wildman–Crippen LogP) is -0.546. The molecule has 7 nitrogen and oxygen atoms in total. The van der Waals surface area contributed by atoms with Gasteiger partial charge in [-0.2, -0.15) is 0 Å². The smallest absolute Gasteiger partial charge is 0.371 e. The maximum absolute atomic E-state index is 11.3. The zero-order valence-corrected chi connectivity index (χ0v) is 8.44. The second kappa shape index (κ2) is 4.96. The summed E-state index contributed by atoms with van der Waals surface area (Å²) in [5.74, 6) is -2.74. The third-order valence-electron chi connectivity index (χ3n) is 1.73. The van der Waals surface area contributed by atoms with Gasteiger partial charge in [0.1, 0.15) is 0 Å². The van der Waals surface area contributed by atoms with Crippen molar-refractivity contribution in [3.05, 3.63) is 23.7 Å². The van der Waals surface area contributed by atoms with Crippen LogP contribution in [0.15, 0.2) is 16.5 Å². The number of likely N-dealkylation sites (N-methyl/N-ethyl adjacent to an activating group) is 1. The second-order valence-electron chi connectivity index (χ2n) is 2.82. The summed E-state index contributed by atoms with van der Waals surface area (Å²) in [6.07, 6.45) is 0. The number of carbonyl (C=O) groups excluding carboxylic acids is 2. The molecule has 0 aliphatic rings. The molecule has 0 spiro atoms. The molecule has 1 heterocycles. The Morgan fingerprint density at radius 3 is 2.44 bits per heavy atom. The van der Waals surface area contributed by atoms with E-state index in [1.54, 1.807) is 0 Å². The molecule has 7 heteroatoms. The Morgan fingerprint density at radius 1 is 1.31 bits per heavy atom. The van der Waals surface area contributed by atoms with Gasteiger partial charge >= 0.3 is 5.97 Å². The molecule has 0 radical (unpaired) electrons. The van der Waals surface area contributed by atoms with E-state index in [1.807, 2.05) is 0 Å². The Labute approximate surface area is 90.4 Å². The molecule has 16 heavy (non-hydrogen) atoms. The van der Waals surface area contributed by atoms with Gasteiger partial charge in [0.25, 0.3) is 5.91 Å². The van der Waals surface area contributed by atoms with Gasteiger partial charge in [-0.1, -0.05) is 0 Å². The fourth-order valence-electron chi connectivity index (χ4n) is 0.911. The summed E-state index contributed by atoms with van der Waals surface area (Å²) in [6, 6.07) is 2.39. The average molecular weight is 226 g/mol. The van der Waals surface area contributed by atoms with E-state index in [4.69, 9.17) is 9.52 Å². The molecule has 0 bridgehead atoms. The van der Waals surface area contributed by atoms with Crippen LogP contribution in [0.4, 0.5) is 0 Å². The molecule has 0 aliphatic heterocycles. The number of carboxylic acid groups (broad SMARTS) is 1. The second-order valence-corrected chi connectivity index (χ2v) is 2.82. The molecule has 0 fully saturated rings. The van der Waals surface area contributed by atoms with Crippen molar-refractivity contribution >= 4 is 17.8 Å². The summed E-state index contributed by atoms with van der Waals surface area (Å²) in [6.45, 7) is -0.196. The van der Waals surface area contributed by atoms with Crippen LogP contribution in [0.3, 0.4) is 0 Å². The highest BCUT2D eigenvalue weighted by atomic mass is 16.4. The van der Waals surface area contributed by atoms with E-state index in [0.29, 0.717) is 0 Å². The Balaban J connectivity index is 2.59. The molecular formula is C9H10N2O5. The molecule has 0 saturated carbocycles. The van der Waals surface area contributed by atoms with Crippen molar-refractivity contribution in [2.75, 3.05) is 13.6 Å². The minimum atomic E-state index is -1.26. The molecule has 3 N–H and O–H groups in total. The van der Waals surface area contributed by atoms with Gasteiger partial charge in [-0.05, 0) is 12.1 Å². The summed E-state index contributed by atoms with van der Waals surface area (Å²) < 4.78 is 4.73. The highest BCUT2D eigenvalue weighted by molar-refractivity contribution is 5.95. The summed E-state index contributed by atoms with van der Waals surface area (Å²) in [5.41, 5.74) is 0. The quantitative estimate of drug-likeness (QED) is 0.638. The van der Waals surface area contributed by atoms with E-state index in [1.165, 1.54) is 13.1 Å². The van der Waals surface area contributed by atoms with Crippen molar-refractivity contribution in [2.45, 2.75) is 0 Å². The van der Waals surface area contributed by atoms with Crippen LogP contribution in [0.25, 0.3) is 0 Å². The zero-order valence-electron chi connectivity index (χ0n) is 8.44. The minimum absolute atomic E-state index is 0.152. The molecule has 2 amide bonds. The van der Waals surface area contributed by atoms with Crippen LogP contribution >= 0.6 is 0 Å². The lowest BCUT2D eigenvalue weighted by Gasteiger charge is -2.00. The van der Waals surface area contributed by atoms with Gasteiger partial charge in [0.05, 0.1) is 6.54 Å². The molecule has 0 aromatic carbocycles. The van der Waals surface area contributed by atoms with Gasteiger partial charge in [0.2, 0.25) is 11.7 Å². The average Bonchev–Trinajstić information content (AvgIpc) is 2.74. The Hall–Kier alpha value is -2.31. The fourth-order valence-corrected chi connectivity index (χ4v) is 0.911. The molecule has 1 aromatic rings. The van der Waals surface area contributed by atoms with Crippen molar-refractivity contribution in [3.8, 4) is 0 Å². The van der Waals surface area contributed by atoms with Crippen LogP contribution < -0.4 is 10.6 Å². The van der Waals surface area contributed by atoms with Gasteiger partial charge in [-0.3, -0.25) is 9.59 Å². The predicted molar refractivity (Wildman–Crippen MR) is 52.1 cm³/mol. The van der Waals surface area contributed by atoms with E-state index < -0.39 is 11.9 Å². The molecular weight excluding hydrogens is 216 g/mol. The van der Waals surface area contributed by atoms with Gasteiger partial charge in [-0.15, -0.1) is 0 Å². The first-order valence-electron chi connectivity index (χ1n) is 4.36. The number of amides is 2. The SMILES string of the molecule is CNC(=O)CNC(=O)c1ccc(C(=O)O)o1. The molecule has 86 valence electrons. The number of hydrogen-bond donors (Lipinski definition) is 3. The van der Waals surface area contributed by atoms with E-state index in [0.717, 1.165) is 6.07 Å². The first-order chi connectivity index (χ1) is 7.54. The zero-order chi connectivity index (χ0) is 12.1. The Bertz CT molecular complexity index is 423. The normalized spacial score (nSPS) is 9.56. The molecule has 1 aromatic heterocycles. The number of furan rings is 1. The third kappa shape index (κ3) is 2.84. The number of rotatable bonds is 4. The lowest BCUT2D eigenvalue weighted by atomic mass is 10.4. The summed E-state index contributed by atoms with van der Waals surface area (Å²) >= 11 is 0. The molecule has 1 rings (SSSR count). The highest BCUT2D eigenvalue weighted by Crippen LogP contribution is 2.07. The number of carbonyl (C=O) groups is 3. The van der Waals surface area contributed by atoms with E-state index in [-0.39, 0.29) is 24.0 Å². The van der Waals surface area contributed by atoms with Crippen molar-refractivity contribution in [1.82, 2.24) is 10.6 Å². The monoisotopic (exact) mass is 226 g/mol. The lowest BCUT2D eigenvalue weighted by Crippen LogP contribution is -2.34.